The van der Waals surface area contributed by atoms with E-state index >= 15 is 0 Å². The Morgan fingerprint density at radius 2 is 1.82 bits per heavy atom. The molecule has 0 spiro atoms. The van der Waals surface area contributed by atoms with Gasteiger partial charge in [-0.05, 0) is 24.0 Å². The molecule has 2 fully saturated rings. The second kappa shape index (κ2) is 6.18. The number of thioether (sulfide) groups is 1. The van der Waals surface area contributed by atoms with Gasteiger partial charge >= 0.3 is 0 Å². The Kier molecular flexibility index (Phi) is 5.10. The van der Waals surface area contributed by atoms with E-state index in [4.69, 9.17) is 4.74 Å². The van der Waals surface area contributed by atoms with Crippen molar-refractivity contribution in [3.63, 3.8) is 0 Å². The van der Waals surface area contributed by atoms with Crippen molar-refractivity contribution in [2.45, 2.75) is 37.2 Å². The van der Waals surface area contributed by atoms with Crippen LogP contribution in [0.5, 0.6) is 0 Å². The van der Waals surface area contributed by atoms with Gasteiger partial charge in [-0.15, -0.1) is 0 Å². The lowest BCUT2D eigenvalue weighted by Crippen LogP contribution is -2.48. The molecule has 2 saturated heterocycles. The van der Waals surface area contributed by atoms with Crippen LogP contribution in [0.3, 0.4) is 0 Å². The van der Waals surface area contributed by atoms with Crippen LogP contribution in [0.25, 0.3) is 0 Å². The average molecular weight is 275 g/mol. The van der Waals surface area contributed by atoms with Crippen molar-refractivity contribution >= 4 is 24.4 Å². The molecule has 0 N–H and O–H groups in total. The van der Waals surface area contributed by atoms with E-state index in [0.29, 0.717) is 5.41 Å². The fraction of sp³-hybridized carbons (Fsp3) is 1.00. The molecule has 17 heavy (non-hydrogen) atoms. The van der Waals surface area contributed by atoms with Crippen LogP contribution in [0.1, 0.15) is 26.7 Å². The Hall–Kier alpha value is 0.620. The quantitative estimate of drug-likeness (QED) is 0.795. The van der Waals surface area contributed by atoms with Crippen molar-refractivity contribution in [2.75, 3.05) is 38.6 Å². The Balaban J connectivity index is 1.93. The van der Waals surface area contributed by atoms with Crippen LogP contribution in [0.4, 0.5) is 0 Å². The van der Waals surface area contributed by atoms with E-state index < -0.39 is 0 Å². The maximum absolute atomic E-state index is 5.50. The molecule has 0 amide bonds. The zero-order valence-corrected chi connectivity index (χ0v) is 12.7. The lowest BCUT2D eigenvalue weighted by molar-refractivity contribution is 0.00755. The minimum Gasteiger partial charge on any atom is -0.381 e. The van der Waals surface area contributed by atoms with Gasteiger partial charge in [-0.1, -0.05) is 13.8 Å². The Bertz CT molecular complexity index is 234. The first kappa shape index (κ1) is 14.0. The van der Waals surface area contributed by atoms with Crippen LogP contribution in [0, 0.1) is 5.41 Å². The van der Waals surface area contributed by atoms with Gasteiger partial charge in [0, 0.05) is 43.3 Å². The van der Waals surface area contributed by atoms with Gasteiger partial charge in [-0.3, -0.25) is 0 Å². The Morgan fingerprint density at radius 3 is 2.35 bits per heavy atom. The predicted molar refractivity (Wildman–Crippen MR) is 79.3 cm³/mol. The first-order chi connectivity index (χ1) is 8.13. The molecule has 2 aliphatic heterocycles. The molecule has 0 radical (unpaired) electrons. The fourth-order valence-electron chi connectivity index (χ4n) is 3.06. The van der Waals surface area contributed by atoms with E-state index in [2.05, 4.69) is 43.1 Å². The molecule has 2 atom stereocenters. The molecule has 2 rings (SSSR count). The minimum atomic E-state index is 0.406. The third-order valence-electron chi connectivity index (χ3n) is 3.94. The van der Waals surface area contributed by atoms with Crippen LogP contribution in [0.2, 0.25) is 0 Å². The molecule has 0 aromatic carbocycles. The second-order valence-corrected chi connectivity index (χ2v) is 7.92. The zero-order chi connectivity index (χ0) is 12.3. The molecule has 0 aromatic rings. The molecule has 0 aromatic heterocycles. The molecule has 0 aliphatic carbocycles. The van der Waals surface area contributed by atoms with E-state index in [9.17, 15) is 0 Å². The standard InChI is InChI=1S/C13H25NOS2/c1-11-7-14(8-12(2)17-11)9-13(10-16)3-5-15-6-4-13/h11-12,16H,3-10H2,1-2H3. The fourth-order valence-corrected chi connectivity index (χ4v) is 4.86. The van der Waals surface area contributed by atoms with E-state index in [-0.39, 0.29) is 0 Å². The van der Waals surface area contributed by atoms with Crippen molar-refractivity contribution in [1.82, 2.24) is 4.90 Å². The summed E-state index contributed by atoms with van der Waals surface area (Å²) < 4.78 is 5.50. The third-order valence-corrected chi connectivity index (χ3v) is 5.84. The first-order valence-corrected chi connectivity index (χ1v) is 8.27. The van der Waals surface area contributed by atoms with Crippen molar-refractivity contribution < 1.29 is 4.74 Å². The summed E-state index contributed by atoms with van der Waals surface area (Å²) in [4.78, 5) is 2.66. The largest absolute Gasteiger partial charge is 0.381 e. The predicted octanol–water partition coefficient (Wildman–Crippen LogP) is 2.54. The van der Waals surface area contributed by atoms with Crippen molar-refractivity contribution in [3.05, 3.63) is 0 Å². The van der Waals surface area contributed by atoms with Gasteiger partial charge in [0.05, 0.1) is 0 Å². The zero-order valence-electron chi connectivity index (χ0n) is 11.0. The monoisotopic (exact) mass is 275 g/mol. The van der Waals surface area contributed by atoms with E-state index in [1.807, 2.05) is 0 Å². The molecule has 2 unspecified atom stereocenters. The summed E-state index contributed by atoms with van der Waals surface area (Å²) in [6.07, 6.45) is 2.37. The lowest BCUT2D eigenvalue weighted by atomic mass is 9.81. The smallest absolute Gasteiger partial charge is 0.0472 e. The van der Waals surface area contributed by atoms with Gasteiger partial charge in [0.15, 0.2) is 0 Å². The summed E-state index contributed by atoms with van der Waals surface area (Å²) in [6, 6.07) is 0. The van der Waals surface area contributed by atoms with Gasteiger partial charge in [0.25, 0.3) is 0 Å². The Labute approximate surface area is 115 Å². The van der Waals surface area contributed by atoms with Crippen LogP contribution in [-0.2, 0) is 4.74 Å². The highest BCUT2D eigenvalue weighted by atomic mass is 32.2. The van der Waals surface area contributed by atoms with Gasteiger partial charge in [0.2, 0.25) is 0 Å². The van der Waals surface area contributed by atoms with Crippen molar-refractivity contribution in [3.8, 4) is 0 Å². The van der Waals surface area contributed by atoms with E-state index in [1.54, 1.807) is 0 Å². The van der Waals surface area contributed by atoms with E-state index in [0.717, 1.165) is 29.5 Å². The molecule has 2 heterocycles. The maximum Gasteiger partial charge on any atom is 0.0472 e. The summed E-state index contributed by atoms with van der Waals surface area (Å²) >= 11 is 6.73. The first-order valence-electron chi connectivity index (χ1n) is 6.70. The lowest BCUT2D eigenvalue weighted by Gasteiger charge is -2.43. The maximum atomic E-state index is 5.50. The molecule has 0 bridgehead atoms. The highest BCUT2D eigenvalue weighted by Crippen LogP contribution is 2.35. The minimum absolute atomic E-state index is 0.406. The van der Waals surface area contributed by atoms with Crippen molar-refractivity contribution in [1.29, 1.82) is 0 Å². The molecular formula is C13H25NOS2. The summed E-state index contributed by atoms with van der Waals surface area (Å²) in [7, 11) is 0. The number of hydrogen-bond donors (Lipinski definition) is 1. The topological polar surface area (TPSA) is 12.5 Å². The van der Waals surface area contributed by atoms with Crippen LogP contribution < -0.4 is 0 Å². The van der Waals surface area contributed by atoms with Gasteiger partial charge in [0.1, 0.15) is 0 Å². The highest BCUT2D eigenvalue weighted by molar-refractivity contribution is 8.00. The number of thiol groups is 1. The van der Waals surface area contributed by atoms with Crippen LogP contribution >= 0.6 is 24.4 Å². The van der Waals surface area contributed by atoms with Gasteiger partial charge in [-0.25, -0.2) is 0 Å². The van der Waals surface area contributed by atoms with Crippen LogP contribution in [0.15, 0.2) is 0 Å². The molecular weight excluding hydrogens is 250 g/mol. The molecule has 2 aliphatic rings. The summed E-state index contributed by atoms with van der Waals surface area (Å²) in [5.41, 5.74) is 0.406. The second-order valence-electron chi connectivity index (χ2n) is 5.72. The highest BCUT2D eigenvalue weighted by Gasteiger charge is 2.35. The number of rotatable bonds is 3. The number of hydrogen-bond acceptors (Lipinski definition) is 4. The number of nitrogens with zero attached hydrogens (tertiary/aromatic N) is 1. The van der Waals surface area contributed by atoms with Crippen molar-refractivity contribution in [2.24, 2.45) is 5.41 Å². The number of ether oxygens (including phenoxy) is 1. The average Bonchev–Trinajstić information content (AvgIpc) is 2.29. The summed E-state index contributed by atoms with van der Waals surface area (Å²) in [6.45, 7) is 10.3. The molecule has 100 valence electrons. The molecule has 4 heteroatoms. The van der Waals surface area contributed by atoms with Crippen LogP contribution in [-0.4, -0.2) is 54.0 Å². The summed E-state index contributed by atoms with van der Waals surface area (Å²) in [5.74, 6) is 1.00. The summed E-state index contributed by atoms with van der Waals surface area (Å²) in [5, 5.41) is 1.55. The van der Waals surface area contributed by atoms with Gasteiger partial charge < -0.3 is 9.64 Å². The third kappa shape index (κ3) is 3.79. The SMILES string of the molecule is CC1CN(CC2(CS)CCOCC2)CC(C)S1. The Morgan fingerprint density at radius 1 is 1.24 bits per heavy atom. The van der Waals surface area contributed by atoms with Gasteiger partial charge in [-0.2, -0.15) is 24.4 Å². The molecule has 2 nitrogen and oxygen atoms in total. The molecule has 0 saturated carbocycles. The normalized spacial score (nSPS) is 34.8. The van der Waals surface area contributed by atoms with E-state index in [1.165, 1.54) is 32.5 Å².